The summed E-state index contributed by atoms with van der Waals surface area (Å²) in [5.41, 5.74) is 0. The largest absolute Gasteiger partial charge is 0.467 e. The smallest absolute Gasteiger partial charge is 0.354 e. The van der Waals surface area contributed by atoms with Crippen LogP contribution in [0.2, 0.25) is 0 Å². The van der Waals surface area contributed by atoms with Gasteiger partial charge in [-0.05, 0) is 12.1 Å². The normalized spacial score (nSPS) is 13.6. The summed E-state index contributed by atoms with van der Waals surface area (Å²) in [6, 6.07) is 3.43. The summed E-state index contributed by atoms with van der Waals surface area (Å²) in [6.07, 6.45) is 3.17. The first-order valence-electron chi connectivity index (χ1n) is 4.76. The molecule has 16 heavy (non-hydrogen) atoms. The van der Waals surface area contributed by atoms with Crippen LogP contribution in [-0.2, 0) is 13.6 Å². The van der Waals surface area contributed by atoms with Crippen molar-refractivity contribution < 1.29 is 18.0 Å². The van der Waals surface area contributed by atoms with Crippen LogP contribution in [0.5, 0.6) is 0 Å². The van der Waals surface area contributed by atoms with E-state index in [9.17, 15) is 4.57 Å². The maximum Gasteiger partial charge on any atom is 0.354 e. The van der Waals surface area contributed by atoms with Gasteiger partial charge >= 0.3 is 7.60 Å². The molecule has 0 radical (unpaired) electrons. The van der Waals surface area contributed by atoms with Crippen LogP contribution in [-0.4, -0.2) is 20.8 Å². The van der Waals surface area contributed by atoms with Gasteiger partial charge in [0.05, 0.1) is 6.26 Å². The van der Waals surface area contributed by atoms with Gasteiger partial charge in [0.2, 0.25) is 0 Å². The quantitative estimate of drug-likeness (QED) is 0.590. The molecule has 0 amide bonds. The number of hydrogen-bond acceptors (Lipinski definition) is 5. The fourth-order valence-corrected chi connectivity index (χ4v) is 2.65. The Kier molecular flexibility index (Phi) is 4.96. The van der Waals surface area contributed by atoms with Crippen LogP contribution in [0.3, 0.4) is 0 Å². The van der Waals surface area contributed by atoms with Crippen molar-refractivity contribution >= 4 is 7.60 Å². The summed E-state index contributed by atoms with van der Waals surface area (Å²) in [7, 11) is -0.576. The monoisotopic (exact) mass is 245 g/mol. The SMILES string of the molecule is C=CCNC(c1ccco1)P(=O)(OC)OC. The van der Waals surface area contributed by atoms with E-state index >= 15 is 0 Å². The van der Waals surface area contributed by atoms with E-state index in [1.165, 1.54) is 20.5 Å². The summed E-state index contributed by atoms with van der Waals surface area (Å²) >= 11 is 0. The highest BCUT2D eigenvalue weighted by atomic mass is 31.2. The van der Waals surface area contributed by atoms with Crippen molar-refractivity contribution in [3.8, 4) is 0 Å². The molecule has 1 aromatic heterocycles. The van der Waals surface area contributed by atoms with Gasteiger partial charge in [-0.15, -0.1) is 6.58 Å². The van der Waals surface area contributed by atoms with E-state index in [0.29, 0.717) is 12.3 Å². The predicted molar refractivity (Wildman–Crippen MR) is 61.3 cm³/mol. The lowest BCUT2D eigenvalue weighted by atomic mass is 10.4. The highest BCUT2D eigenvalue weighted by Gasteiger charge is 2.36. The van der Waals surface area contributed by atoms with Gasteiger partial charge in [0.1, 0.15) is 5.76 Å². The molecule has 0 saturated carbocycles. The molecule has 0 aliphatic heterocycles. The number of hydrogen-bond donors (Lipinski definition) is 1. The van der Waals surface area contributed by atoms with Gasteiger partial charge in [0, 0.05) is 20.8 Å². The van der Waals surface area contributed by atoms with E-state index in [1.54, 1.807) is 18.2 Å². The number of rotatable bonds is 7. The minimum atomic E-state index is -3.26. The van der Waals surface area contributed by atoms with Gasteiger partial charge in [-0.2, -0.15) is 0 Å². The van der Waals surface area contributed by atoms with Crippen molar-refractivity contribution in [3.63, 3.8) is 0 Å². The van der Waals surface area contributed by atoms with Gasteiger partial charge in [-0.25, -0.2) is 0 Å². The summed E-state index contributed by atoms with van der Waals surface area (Å²) in [5.74, 6) is -0.121. The Bertz CT molecular complexity index is 355. The molecule has 90 valence electrons. The second-order valence-corrected chi connectivity index (χ2v) is 5.35. The van der Waals surface area contributed by atoms with Crippen LogP contribution in [0.1, 0.15) is 11.5 Å². The second kappa shape index (κ2) is 6.01. The lowest BCUT2D eigenvalue weighted by Gasteiger charge is -2.23. The molecular weight excluding hydrogens is 229 g/mol. The Balaban J connectivity index is 2.95. The van der Waals surface area contributed by atoms with Gasteiger partial charge in [-0.3, -0.25) is 9.88 Å². The predicted octanol–water partition coefficient (Wildman–Crippen LogP) is 2.54. The maximum atomic E-state index is 12.3. The van der Waals surface area contributed by atoms with Crippen LogP contribution >= 0.6 is 7.60 Å². The summed E-state index contributed by atoms with van der Waals surface area (Å²) in [4.78, 5) is 0. The molecule has 1 heterocycles. The zero-order valence-corrected chi connectivity index (χ0v) is 10.3. The van der Waals surface area contributed by atoms with Gasteiger partial charge in [-0.1, -0.05) is 6.08 Å². The molecule has 1 rings (SSSR count). The van der Waals surface area contributed by atoms with Crippen molar-refractivity contribution in [2.75, 3.05) is 20.8 Å². The van der Waals surface area contributed by atoms with Crippen molar-refractivity contribution in [1.29, 1.82) is 0 Å². The number of furan rings is 1. The highest BCUT2D eigenvalue weighted by molar-refractivity contribution is 7.54. The van der Waals surface area contributed by atoms with Crippen LogP contribution in [0.15, 0.2) is 35.5 Å². The van der Waals surface area contributed by atoms with E-state index in [1.807, 2.05) is 0 Å². The standard InChI is InChI=1S/C10H16NO4P/c1-4-7-11-10(9-6-5-8-15-9)16(12,13-2)14-3/h4-6,8,10-11H,1,7H2,2-3H3. The molecule has 0 fully saturated rings. The fraction of sp³-hybridized carbons (Fsp3) is 0.400. The molecule has 0 aliphatic carbocycles. The van der Waals surface area contributed by atoms with Crippen LogP contribution in [0.4, 0.5) is 0 Å². The second-order valence-electron chi connectivity index (χ2n) is 3.02. The van der Waals surface area contributed by atoms with Gasteiger partial charge in [0.25, 0.3) is 0 Å². The Morgan fingerprint density at radius 1 is 1.62 bits per heavy atom. The third kappa shape index (κ3) is 2.83. The Morgan fingerprint density at radius 2 is 2.31 bits per heavy atom. The van der Waals surface area contributed by atoms with E-state index < -0.39 is 13.4 Å². The summed E-state index contributed by atoms with van der Waals surface area (Å²) in [6.45, 7) is 4.06. The van der Waals surface area contributed by atoms with Crippen molar-refractivity contribution in [2.45, 2.75) is 5.78 Å². The Morgan fingerprint density at radius 3 is 2.75 bits per heavy atom. The Labute approximate surface area is 95.0 Å². The molecule has 6 heteroatoms. The first kappa shape index (κ1) is 13.2. The van der Waals surface area contributed by atoms with Crippen molar-refractivity contribution in [1.82, 2.24) is 5.32 Å². The maximum absolute atomic E-state index is 12.3. The molecule has 5 nitrogen and oxygen atoms in total. The van der Waals surface area contributed by atoms with E-state index in [4.69, 9.17) is 13.5 Å². The zero-order valence-electron chi connectivity index (χ0n) is 9.38. The number of nitrogens with one attached hydrogen (secondary N) is 1. The minimum Gasteiger partial charge on any atom is -0.467 e. The first-order chi connectivity index (χ1) is 7.68. The first-order valence-corrected chi connectivity index (χ1v) is 6.38. The van der Waals surface area contributed by atoms with E-state index in [-0.39, 0.29) is 0 Å². The molecule has 0 aromatic carbocycles. The molecule has 0 bridgehead atoms. The topological polar surface area (TPSA) is 60.7 Å². The molecule has 1 atom stereocenters. The molecule has 1 aromatic rings. The average Bonchev–Trinajstić information content (AvgIpc) is 2.82. The molecule has 1 unspecified atom stereocenters. The molecule has 0 saturated heterocycles. The molecule has 0 aliphatic rings. The lowest BCUT2D eigenvalue weighted by molar-refractivity contribution is 0.254. The highest BCUT2D eigenvalue weighted by Crippen LogP contribution is 2.58. The fourth-order valence-electron chi connectivity index (χ4n) is 1.30. The molecule has 1 N–H and O–H groups in total. The summed E-state index contributed by atoms with van der Waals surface area (Å²) < 4.78 is 27.4. The Hall–Kier alpha value is -0.870. The average molecular weight is 245 g/mol. The van der Waals surface area contributed by atoms with Crippen LogP contribution < -0.4 is 5.32 Å². The van der Waals surface area contributed by atoms with Crippen LogP contribution in [0, 0.1) is 0 Å². The zero-order chi connectivity index (χ0) is 12.0. The molecule has 0 spiro atoms. The third-order valence-corrected chi connectivity index (χ3v) is 4.18. The van der Waals surface area contributed by atoms with Crippen molar-refractivity contribution in [3.05, 3.63) is 36.8 Å². The molecular formula is C10H16NO4P. The van der Waals surface area contributed by atoms with Gasteiger partial charge in [0.15, 0.2) is 5.78 Å². The van der Waals surface area contributed by atoms with Crippen molar-refractivity contribution in [2.24, 2.45) is 0 Å². The van der Waals surface area contributed by atoms with E-state index in [0.717, 1.165) is 0 Å². The van der Waals surface area contributed by atoms with Gasteiger partial charge < -0.3 is 13.5 Å². The summed E-state index contributed by atoms with van der Waals surface area (Å²) in [5, 5.41) is 2.99. The van der Waals surface area contributed by atoms with Crippen LogP contribution in [0.25, 0.3) is 0 Å². The lowest BCUT2D eigenvalue weighted by Crippen LogP contribution is -2.22. The minimum absolute atomic E-state index is 0.474. The third-order valence-electron chi connectivity index (χ3n) is 2.09. The van der Waals surface area contributed by atoms with E-state index in [2.05, 4.69) is 11.9 Å².